The van der Waals surface area contributed by atoms with Gasteiger partial charge in [-0.05, 0) is 23.8 Å². The highest BCUT2D eigenvalue weighted by Crippen LogP contribution is 2.28. The Kier molecular flexibility index (Phi) is 4.41. The third kappa shape index (κ3) is 3.26. The van der Waals surface area contributed by atoms with Gasteiger partial charge in [-0.3, -0.25) is 0 Å². The highest BCUT2D eigenvalue weighted by molar-refractivity contribution is 6.16. The van der Waals surface area contributed by atoms with Gasteiger partial charge in [0, 0.05) is 6.08 Å². The molecule has 6 heteroatoms. The number of hydrogen-bond acceptors (Lipinski definition) is 5. The summed E-state index contributed by atoms with van der Waals surface area (Å²) >= 11 is 5.58. The van der Waals surface area contributed by atoms with Crippen LogP contribution in [0.2, 0.25) is 0 Å². The molecule has 1 aromatic carbocycles. The van der Waals surface area contributed by atoms with Crippen LogP contribution in [0.5, 0.6) is 11.5 Å². The van der Waals surface area contributed by atoms with Gasteiger partial charge in [0.05, 0.1) is 14.2 Å². The third-order valence-electron chi connectivity index (χ3n) is 2.42. The van der Waals surface area contributed by atoms with Gasteiger partial charge in [-0.15, -0.1) is 21.8 Å². The van der Waals surface area contributed by atoms with Crippen LogP contribution in [0, 0.1) is 0 Å². The third-order valence-corrected chi connectivity index (χ3v) is 2.65. The second-order valence-corrected chi connectivity index (χ2v) is 3.88. The number of aromatic nitrogens is 2. The molecule has 0 radical (unpaired) electrons. The zero-order chi connectivity index (χ0) is 13.7. The van der Waals surface area contributed by atoms with E-state index in [0.29, 0.717) is 23.3 Å². The number of alkyl halides is 1. The van der Waals surface area contributed by atoms with Crippen LogP contribution in [0.3, 0.4) is 0 Å². The lowest BCUT2D eigenvalue weighted by Gasteiger charge is -2.07. The summed E-state index contributed by atoms with van der Waals surface area (Å²) in [6.07, 6.45) is 3.55. The highest BCUT2D eigenvalue weighted by atomic mass is 35.5. The lowest BCUT2D eigenvalue weighted by atomic mass is 10.2. The van der Waals surface area contributed by atoms with Crippen molar-refractivity contribution < 1.29 is 13.9 Å². The zero-order valence-corrected chi connectivity index (χ0v) is 11.3. The van der Waals surface area contributed by atoms with Crippen LogP contribution in [-0.4, -0.2) is 24.4 Å². The molecule has 19 heavy (non-hydrogen) atoms. The van der Waals surface area contributed by atoms with Crippen LogP contribution >= 0.6 is 11.6 Å². The second-order valence-electron chi connectivity index (χ2n) is 3.62. The maximum atomic E-state index is 5.58. The zero-order valence-electron chi connectivity index (χ0n) is 10.6. The van der Waals surface area contributed by atoms with E-state index in [1.54, 1.807) is 20.3 Å². The van der Waals surface area contributed by atoms with Crippen molar-refractivity contribution in [2.75, 3.05) is 14.2 Å². The van der Waals surface area contributed by atoms with Crippen LogP contribution < -0.4 is 9.47 Å². The lowest BCUT2D eigenvalue weighted by molar-refractivity contribution is 0.355. The number of nitrogens with zero attached hydrogens (tertiary/aromatic N) is 2. The van der Waals surface area contributed by atoms with Crippen LogP contribution in [0.1, 0.15) is 17.3 Å². The molecule has 0 amide bonds. The summed E-state index contributed by atoms with van der Waals surface area (Å²) in [5.74, 6) is 2.36. The van der Waals surface area contributed by atoms with Gasteiger partial charge in [0.25, 0.3) is 0 Å². The van der Waals surface area contributed by atoms with E-state index >= 15 is 0 Å². The molecule has 0 aliphatic rings. The van der Waals surface area contributed by atoms with E-state index in [0.717, 1.165) is 5.56 Å². The summed E-state index contributed by atoms with van der Waals surface area (Å²) < 4.78 is 15.6. The molecule has 100 valence electrons. The molecule has 2 aromatic rings. The lowest BCUT2D eigenvalue weighted by Crippen LogP contribution is -1.90. The van der Waals surface area contributed by atoms with Crippen LogP contribution in [0.4, 0.5) is 0 Å². The molecule has 0 unspecified atom stereocenters. The Morgan fingerprint density at radius 2 is 1.95 bits per heavy atom. The fraction of sp³-hybridized carbons (Fsp3) is 0.231. The minimum atomic E-state index is 0.206. The van der Waals surface area contributed by atoms with Crippen molar-refractivity contribution in [3.05, 3.63) is 35.5 Å². The number of methoxy groups -OCH3 is 2. The molecule has 5 nitrogen and oxygen atoms in total. The van der Waals surface area contributed by atoms with Gasteiger partial charge in [0.2, 0.25) is 11.8 Å². The van der Waals surface area contributed by atoms with Crippen LogP contribution in [0.15, 0.2) is 22.6 Å². The molecule has 1 heterocycles. The van der Waals surface area contributed by atoms with Crippen molar-refractivity contribution in [3.8, 4) is 11.5 Å². The molecular formula is C13H13ClN2O3. The van der Waals surface area contributed by atoms with E-state index in [-0.39, 0.29) is 5.88 Å². The maximum Gasteiger partial charge on any atom is 0.240 e. The van der Waals surface area contributed by atoms with Crippen molar-refractivity contribution >= 4 is 23.8 Å². The summed E-state index contributed by atoms with van der Waals surface area (Å²) in [5, 5.41) is 7.60. The van der Waals surface area contributed by atoms with Crippen molar-refractivity contribution in [3.63, 3.8) is 0 Å². The van der Waals surface area contributed by atoms with Gasteiger partial charge in [-0.25, -0.2) is 0 Å². The van der Waals surface area contributed by atoms with Crippen molar-refractivity contribution in [2.24, 2.45) is 0 Å². The number of benzene rings is 1. The van der Waals surface area contributed by atoms with Gasteiger partial charge >= 0.3 is 0 Å². The quantitative estimate of drug-likeness (QED) is 0.788. The summed E-state index contributed by atoms with van der Waals surface area (Å²) in [6, 6.07) is 5.58. The number of rotatable bonds is 5. The van der Waals surface area contributed by atoms with Crippen LogP contribution in [0.25, 0.3) is 12.2 Å². The van der Waals surface area contributed by atoms with Crippen LogP contribution in [-0.2, 0) is 5.88 Å². The Bertz CT molecular complexity index is 581. The van der Waals surface area contributed by atoms with Gasteiger partial charge in [0.1, 0.15) is 5.88 Å². The normalized spacial score (nSPS) is 10.9. The molecular weight excluding hydrogens is 268 g/mol. The highest BCUT2D eigenvalue weighted by Gasteiger charge is 2.04. The van der Waals surface area contributed by atoms with E-state index in [2.05, 4.69) is 10.2 Å². The van der Waals surface area contributed by atoms with Gasteiger partial charge in [0.15, 0.2) is 11.5 Å². The van der Waals surface area contributed by atoms with E-state index in [1.165, 1.54) is 0 Å². The molecule has 0 N–H and O–H groups in total. The SMILES string of the molecule is COc1ccc(/C=C/c2nnc(CCl)o2)cc1OC. The topological polar surface area (TPSA) is 57.4 Å². The average molecular weight is 281 g/mol. The van der Waals surface area contributed by atoms with E-state index < -0.39 is 0 Å². The summed E-state index contributed by atoms with van der Waals surface area (Å²) in [4.78, 5) is 0. The predicted molar refractivity (Wildman–Crippen MR) is 72.3 cm³/mol. The Labute approximate surface area is 115 Å². The molecule has 0 fully saturated rings. The standard InChI is InChI=1S/C13H13ClN2O3/c1-17-10-5-3-9(7-11(10)18-2)4-6-12-15-16-13(8-14)19-12/h3-7H,8H2,1-2H3/b6-4+. The molecule has 0 aliphatic carbocycles. The van der Waals surface area contributed by atoms with Crippen molar-refractivity contribution in [1.29, 1.82) is 0 Å². The summed E-state index contributed by atoms with van der Waals surface area (Å²) in [6.45, 7) is 0. The van der Waals surface area contributed by atoms with E-state index in [4.69, 9.17) is 25.5 Å². The minimum absolute atomic E-state index is 0.206. The van der Waals surface area contributed by atoms with Gasteiger partial charge < -0.3 is 13.9 Å². The second kappa shape index (κ2) is 6.24. The first-order chi connectivity index (χ1) is 9.26. The van der Waals surface area contributed by atoms with Gasteiger partial charge in [-0.1, -0.05) is 6.07 Å². The predicted octanol–water partition coefficient (Wildman–Crippen LogP) is 3.00. The Morgan fingerprint density at radius 1 is 1.16 bits per heavy atom. The van der Waals surface area contributed by atoms with Gasteiger partial charge in [-0.2, -0.15) is 0 Å². The fourth-order valence-electron chi connectivity index (χ4n) is 1.51. The van der Waals surface area contributed by atoms with E-state index in [9.17, 15) is 0 Å². The Morgan fingerprint density at radius 3 is 2.58 bits per heavy atom. The summed E-state index contributed by atoms with van der Waals surface area (Å²) in [7, 11) is 3.19. The Balaban J connectivity index is 2.18. The molecule has 1 aromatic heterocycles. The maximum absolute atomic E-state index is 5.58. The molecule has 0 atom stereocenters. The Hall–Kier alpha value is -2.01. The first kappa shape index (κ1) is 13.4. The fourth-order valence-corrected chi connectivity index (χ4v) is 1.62. The van der Waals surface area contributed by atoms with Crippen molar-refractivity contribution in [1.82, 2.24) is 10.2 Å². The van der Waals surface area contributed by atoms with E-state index in [1.807, 2.05) is 24.3 Å². The monoisotopic (exact) mass is 280 g/mol. The first-order valence-electron chi connectivity index (χ1n) is 5.55. The first-order valence-corrected chi connectivity index (χ1v) is 6.08. The number of halogens is 1. The minimum Gasteiger partial charge on any atom is -0.493 e. The molecule has 2 rings (SSSR count). The van der Waals surface area contributed by atoms with Crippen molar-refractivity contribution in [2.45, 2.75) is 5.88 Å². The molecule has 0 saturated carbocycles. The number of ether oxygens (including phenoxy) is 2. The number of hydrogen-bond donors (Lipinski definition) is 0. The summed E-state index contributed by atoms with van der Waals surface area (Å²) in [5.41, 5.74) is 0.934. The molecule has 0 spiro atoms. The smallest absolute Gasteiger partial charge is 0.240 e. The largest absolute Gasteiger partial charge is 0.493 e. The molecule has 0 bridgehead atoms. The molecule has 0 saturated heterocycles. The molecule has 0 aliphatic heterocycles. The average Bonchev–Trinajstić information content (AvgIpc) is 2.92.